The molecule has 1 saturated heterocycles. The number of anilines is 2. The molecule has 2 aromatic carbocycles. The first kappa shape index (κ1) is 15.3. The summed E-state index contributed by atoms with van der Waals surface area (Å²) < 4.78 is 0. The molecule has 3 nitrogen and oxygen atoms in total. The predicted octanol–water partition coefficient (Wildman–Crippen LogP) is 3.68. The van der Waals surface area contributed by atoms with Crippen LogP contribution in [0.3, 0.4) is 0 Å². The van der Waals surface area contributed by atoms with Gasteiger partial charge in [0.1, 0.15) is 0 Å². The quantitative estimate of drug-likeness (QED) is 0.897. The summed E-state index contributed by atoms with van der Waals surface area (Å²) >= 11 is 0. The van der Waals surface area contributed by atoms with Gasteiger partial charge in [0.15, 0.2) is 0 Å². The van der Waals surface area contributed by atoms with Crippen molar-refractivity contribution in [2.24, 2.45) is 5.92 Å². The van der Waals surface area contributed by atoms with Gasteiger partial charge in [0, 0.05) is 50.0 Å². The highest BCUT2D eigenvalue weighted by Gasteiger charge is 2.38. The van der Waals surface area contributed by atoms with Gasteiger partial charge in [0.05, 0.1) is 0 Å². The molecule has 25 heavy (non-hydrogen) atoms. The molecule has 3 aliphatic rings. The second kappa shape index (κ2) is 6.06. The molecule has 0 spiro atoms. The Morgan fingerprint density at radius 1 is 1.20 bits per heavy atom. The zero-order valence-corrected chi connectivity index (χ0v) is 15.0. The van der Waals surface area contributed by atoms with Gasteiger partial charge in [0.2, 0.25) is 0 Å². The minimum absolute atomic E-state index is 0.698. The van der Waals surface area contributed by atoms with Crippen LogP contribution in [0.1, 0.15) is 34.6 Å². The van der Waals surface area contributed by atoms with Crippen LogP contribution in [0.25, 0.3) is 0 Å². The molecule has 3 aliphatic heterocycles. The predicted molar refractivity (Wildman–Crippen MR) is 105 cm³/mol. The van der Waals surface area contributed by atoms with Crippen LogP contribution in [0, 0.1) is 12.8 Å². The number of aryl methyl sites for hydroxylation is 2. The molecule has 0 aliphatic carbocycles. The third-order valence-electron chi connectivity index (χ3n) is 6.35. The van der Waals surface area contributed by atoms with E-state index in [4.69, 9.17) is 0 Å². The third kappa shape index (κ3) is 2.62. The Balaban J connectivity index is 1.48. The lowest BCUT2D eigenvalue weighted by atomic mass is 9.80. The second-order valence-corrected chi connectivity index (χ2v) is 7.93. The third-order valence-corrected chi connectivity index (χ3v) is 6.35. The van der Waals surface area contributed by atoms with Crippen LogP contribution in [-0.4, -0.2) is 26.2 Å². The summed E-state index contributed by atoms with van der Waals surface area (Å²) in [7, 11) is 0. The fourth-order valence-corrected chi connectivity index (χ4v) is 5.01. The largest absolute Gasteiger partial charge is 0.381 e. The number of benzene rings is 2. The lowest BCUT2D eigenvalue weighted by molar-refractivity contribution is 0.470. The van der Waals surface area contributed by atoms with Crippen LogP contribution in [0.15, 0.2) is 36.4 Å². The lowest BCUT2D eigenvalue weighted by Crippen LogP contribution is -2.41. The summed E-state index contributed by atoms with van der Waals surface area (Å²) in [5.74, 6) is 1.48. The van der Waals surface area contributed by atoms with Gasteiger partial charge in [-0.3, -0.25) is 0 Å². The van der Waals surface area contributed by atoms with Crippen LogP contribution in [-0.2, 0) is 13.0 Å². The molecule has 0 unspecified atom stereocenters. The van der Waals surface area contributed by atoms with E-state index >= 15 is 0 Å². The first-order valence-corrected chi connectivity index (χ1v) is 9.70. The van der Waals surface area contributed by atoms with Crippen LogP contribution in [0.5, 0.6) is 0 Å². The van der Waals surface area contributed by atoms with E-state index in [1.54, 1.807) is 16.8 Å². The maximum absolute atomic E-state index is 3.71. The van der Waals surface area contributed by atoms with Crippen molar-refractivity contribution in [3.63, 3.8) is 0 Å². The maximum Gasteiger partial charge on any atom is 0.0436 e. The summed E-state index contributed by atoms with van der Waals surface area (Å²) in [6.45, 7) is 7.90. The molecule has 2 atom stereocenters. The molecule has 1 fully saturated rings. The summed E-state index contributed by atoms with van der Waals surface area (Å²) in [6, 6.07) is 13.5. The fourth-order valence-electron chi connectivity index (χ4n) is 5.01. The molecule has 2 aromatic rings. The van der Waals surface area contributed by atoms with Crippen LogP contribution in [0.4, 0.5) is 11.4 Å². The average molecular weight is 333 g/mol. The fraction of sp³-hybridized carbons (Fsp3) is 0.455. The summed E-state index contributed by atoms with van der Waals surface area (Å²) in [4.78, 5) is 2.66. The number of rotatable bonds is 3. The molecule has 2 N–H and O–H groups in total. The molecule has 0 saturated carbocycles. The minimum Gasteiger partial charge on any atom is -0.381 e. The topological polar surface area (TPSA) is 27.3 Å². The normalized spacial score (nSPS) is 24.0. The highest BCUT2D eigenvalue weighted by Crippen LogP contribution is 2.45. The molecule has 0 bridgehead atoms. The highest BCUT2D eigenvalue weighted by atomic mass is 15.2. The zero-order valence-electron chi connectivity index (χ0n) is 15.0. The van der Waals surface area contributed by atoms with Crippen LogP contribution >= 0.6 is 0 Å². The molecule has 3 heterocycles. The standard InChI is InChI=1S/C22H27N3/c1-15-5-2-3-6-17(15)12-24-19-9-16-7-4-8-25-14-18-11-23-13-21(18)20(10-19)22(16)25/h2-3,5-6,9-10,18,21,23-24H,4,7-8,11-14H2,1H3/t18-,21-/m1/s1. The summed E-state index contributed by atoms with van der Waals surface area (Å²) in [5.41, 5.74) is 8.76. The molecule has 130 valence electrons. The SMILES string of the molecule is Cc1ccccc1CNc1cc2c3c(c1)[C@@H]1CNC[C@@H]1CN3CCC2. The Kier molecular flexibility index (Phi) is 3.70. The Morgan fingerprint density at radius 3 is 3.04 bits per heavy atom. The minimum atomic E-state index is 0.698. The summed E-state index contributed by atoms with van der Waals surface area (Å²) in [6.07, 6.45) is 2.52. The van der Waals surface area contributed by atoms with Crippen molar-refractivity contribution in [3.05, 3.63) is 58.7 Å². The van der Waals surface area contributed by atoms with E-state index in [0.29, 0.717) is 5.92 Å². The number of hydrogen-bond donors (Lipinski definition) is 2. The summed E-state index contributed by atoms with van der Waals surface area (Å²) in [5, 5.41) is 7.33. The van der Waals surface area contributed by atoms with Gasteiger partial charge < -0.3 is 15.5 Å². The second-order valence-electron chi connectivity index (χ2n) is 7.93. The van der Waals surface area contributed by atoms with E-state index in [1.807, 2.05) is 0 Å². The molecule has 0 radical (unpaired) electrons. The van der Waals surface area contributed by atoms with Crippen molar-refractivity contribution in [2.75, 3.05) is 36.4 Å². The zero-order chi connectivity index (χ0) is 16.8. The smallest absolute Gasteiger partial charge is 0.0436 e. The Hall–Kier alpha value is -2.00. The van der Waals surface area contributed by atoms with Crippen molar-refractivity contribution in [1.82, 2.24) is 5.32 Å². The lowest BCUT2D eigenvalue weighted by Gasteiger charge is -2.42. The van der Waals surface area contributed by atoms with Gasteiger partial charge in [-0.15, -0.1) is 0 Å². The number of hydrogen-bond acceptors (Lipinski definition) is 3. The van der Waals surface area contributed by atoms with Crippen molar-refractivity contribution in [1.29, 1.82) is 0 Å². The van der Waals surface area contributed by atoms with Gasteiger partial charge in [0.25, 0.3) is 0 Å². The van der Waals surface area contributed by atoms with E-state index in [2.05, 4.69) is 58.9 Å². The Morgan fingerprint density at radius 2 is 2.12 bits per heavy atom. The monoisotopic (exact) mass is 333 g/mol. The number of nitrogens with zero attached hydrogens (tertiary/aromatic N) is 1. The van der Waals surface area contributed by atoms with E-state index in [9.17, 15) is 0 Å². The van der Waals surface area contributed by atoms with Crippen LogP contribution < -0.4 is 15.5 Å². The molecule has 5 rings (SSSR count). The van der Waals surface area contributed by atoms with Gasteiger partial charge in [-0.05, 0) is 60.1 Å². The molecule has 0 amide bonds. The van der Waals surface area contributed by atoms with Crippen molar-refractivity contribution < 1.29 is 0 Å². The van der Waals surface area contributed by atoms with E-state index in [1.165, 1.54) is 49.3 Å². The van der Waals surface area contributed by atoms with E-state index in [0.717, 1.165) is 19.0 Å². The van der Waals surface area contributed by atoms with Crippen molar-refractivity contribution in [2.45, 2.75) is 32.2 Å². The van der Waals surface area contributed by atoms with Crippen molar-refractivity contribution >= 4 is 11.4 Å². The highest BCUT2D eigenvalue weighted by molar-refractivity contribution is 5.70. The van der Waals surface area contributed by atoms with Crippen LogP contribution in [0.2, 0.25) is 0 Å². The Bertz CT molecular complexity index is 798. The molecule has 3 heteroatoms. The molecular weight excluding hydrogens is 306 g/mol. The molecular formula is C22H27N3. The van der Waals surface area contributed by atoms with Gasteiger partial charge in [-0.1, -0.05) is 24.3 Å². The first-order valence-electron chi connectivity index (χ1n) is 9.70. The Labute approximate surface area is 150 Å². The van der Waals surface area contributed by atoms with Gasteiger partial charge in [-0.25, -0.2) is 0 Å². The first-order chi connectivity index (χ1) is 12.3. The van der Waals surface area contributed by atoms with E-state index in [-0.39, 0.29) is 0 Å². The van der Waals surface area contributed by atoms with Crippen molar-refractivity contribution in [3.8, 4) is 0 Å². The van der Waals surface area contributed by atoms with Gasteiger partial charge in [-0.2, -0.15) is 0 Å². The number of nitrogens with one attached hydrogen (secondary N) is 2. The number of fused-ring (bicyclic) bond motifs is 2. The van der Waals surface area contributed by atoms with Gasteiger partial charge >= 0.3 is 0 Å². The molecule has 0 aromatic heterocycles. The van der Waals surface area contributed by atoms with E-state index < -0.39 is 0 Å². The average Bonchev–Trinajstić information content (AvgIpc) is 3.10. The maximum atomic E-state index is 3.71.